The van der Waals surface area contributed by atoms with E-state index in [1.165, 1.54) is 22.3 Å². The molecule has 0 saturated heterocycles. The molecule has 3 unspecified atom stereocenters. The van der Waals surface area contributed by atoms with E-state index in [0.717, 1.165) is 28.3 Å². The molecule has 0 amide bonds. The predicted octanol–water partition coefficient (Wildman–Crippen LogP) is 7.51. The number of benzene rings is 3. The van der Waals surface area contributed by atoms with E-state index in [2.05, 4.69) is 88.8 Å². The zero-order valence-electron chi connectivity index (χ0n) is 22.1. The summed E-state index contributed by atoms with van der Waals surface area (Å²) in [5, 5.41) is 0.712. The normalized spacial score (nSPS) is 22.3. The number of amidine groups is 1. The Morgan fingerprint density at radius 3 is 2.32 bits per heavy atom. The highest BCUT2D eigenvalue weighted by atomic mass is 35.5. The van der Waals surface area contributed by atoms with E-state index in [0.29, 0.717) is 5.02 Å². The van der Waals surface area contributed by atoms with Crippen LogP contribution in [0, 0.1) is 0 Å². The second kappa shape index (κ2) is 9.39. The first kappa shape index (κ1) is 24.0. The fourth-order valence-electron chi connectivity index (χ4n) is 6.91. The molecule has 8 rings (SSSR count). The van der Waals surface area contributed by atoms with Gasteiger partial charge in [0.15, 0.2) is 5.84 Å². The van der Waals surface area contributed by atoms with Gasteiger partial charge in [-0.25, -0.2) is 0 Å². The highest BCUT2D eigenvalue weighted by molar-refractivity contribution is 6.30. The van der Waals surface area contributed by atoms with Crippen LogP contribution in [0.25, 0.3) is 5.57 Å². The zero-order chi connectivity index (χ0) is 27.4. The fraction of sp³-hybridized carbons (Fsp3) is 0.0833. The number of para-hydroxylation sites is 1. The molecule has 3 aliphatic rings. The summed E-state index contributed by atoms with van der Waals surface area (Å²) < 4.78 is 0. The Bertz CT molecular complexity index is 1850. The van der Waals surface area contributed by atoms with Gasteiger partial charge in [0.1, 0.15) is 11.7 Å². The number of nitrogens with zero attached hydrogens (tertiary/aromatic N) is 4. The lowest BCUT2D eigenvalue weighted by Crippen LogP contribution is -2.44. The Kier molecular flexibility index (Phi) is 5.51. The molecule has 5 heteroatoms. The van der Waals surface area contributed by atoms with Gasteiger partial charge in [-0.15, -0.1) is 0 Å². The first-order chi connectivity index (χ1) is 20.3. The van der Waals surface area contributed by atoms with Crippen LogP contribution >= 0.6 is 11.6 Å². The summed E-state index contributed by atoms with van der Waals surface area (Å²) in [6.07, 6.45) is 10.3. The Hall–Kier alpha value is -4.80. The molecular weight excluding hydrogens is 524 g/mol. The molecule has 41 heavy (non-hydrogen) atoms. The van der Waals surface area contributed by atoms with Gasteiger partial charge in [-0.3, -0.25) is 15.0 Å². The standard InChI is InChI=1S/C36H25ClN4/c37-26-17-15-24(16-18-26)36(25-9-8-21-38-23-25)30-13-5-4-12-28(30)29-19-20-32-34(33(29)36)40-35(31-14-6-7-22-39-31)41(32)27-10-2-1-3-11-27/h1-23,32,34H. The van der Waals surface area contributed by atoms with Crippen LogP contribution in [-0.2, 0) is 5.41 Å². The van der Waals surface area contributed by atoms with Crippen molar-refractivity contribution in [1.82, 2.24) is 9.97 Å². The van der Waals surface area contributed by atoms with Crippen LogP contribution in [0.2, 0.25) is 5.02 Å². The molecule has 3 aromatic carbocycles. The molecule has 0 fully saturated rings. The van der Waals surface area contributed by atoms with Gasteiger partial charge < -0.3 is 4.90 Å². The monoisotopic (exact) mass is 548 g/mol. The molecule has 0 saturated carbocycles. The number of rotatable bonds is 4. The maximum Gasteiger partial charge on any atom is 0.155 e. The predicted molar refractivity (Wildman–Crippen MR) is 165 cm³/mol. The molecule has 0 spiro atoms. The fourth-order valence-corrected chi connectivity index (χ4v) is 7.04. The third-order valence-electron chi connectivity index (χ3n) is 8.48. The van der Waals surface area contributed by atoms with Crippen molar-refractivity contribution in [2.75, 3.05) is 4.90 Å². The smallest absolute Gasteiger partial charge is 0.155 e. The Balaban J connectivity index is 1.43. The van der Waals surface area contributed by atoms with Gasteiger partial charge in [-0.05, 0) is 75.9 Å². The topological polar surface area (TPSA) is 41.4 Å². The van der Waals surface area contributed by atoms with E-state index >= 15 is 0 Å². The van der Waals surface area contributed by atoms with Gasteiger partial charge in [0.25, 0.3) is 0 Å². The quantitative estimate of drug-likeness (QED) is 0.233. The summed E-state index contributed by atoms with van der Waals surface area (Å²) in [5.74, 6) is 0.873. The number of halogens is 1. The molecular formula is C36H25ClN4. The highest BCUT2D eigenvalue weighted by Crippen LogP contribution is 2.59. The Labute approximate surface area is 244 Å². The second-order valence-electron chi connectivity index (χ2n) is 10.5. The van der Waals surface area contributed by atoms with Gasteiger partial charge in [0.05, 0.1) is 11.5 Å². The lowest BCUT2D eigenvalue weighted by atomic mass is 9.64. The van der Waals surface area contributed by atoms with Crippen LogP contribution in [0.5, 0.6) is 0 Å². The number of hydrogen-bond acceptors (Lipinski definition) is 4. The van der Waals surface area contributed by atoms with E-state index < -0.39 is 5.41 Å². The van der Waals surface area contributed by atoms with E-state index in [1.807, 2.05) is 61.1 Å². The average molecular weight is 549 g/mol. The zero-order valence-corrected chi connectivity index (χ0v) is 22.9. The first-order valence-electron chi connectivity index (χ1n) is 13.8. The van der Waals surface area contributed by atoms with E-state index in [9.17, 15) is 0 Å². The van der Waals surface area contributed by atoms with Gasteiger partial charge in [0.2, 0.25) is 0 Å². The number of aromatic nitrogens is 2. The third kappa shape index (κ3) is 3.51. The van der Waals surface area contributed by atoms with Gasteiger partial charge in [-0.1, -0.05) is 90.5 Å². The van der Waals surface area contributed by atoms with Crippen molar-refractivity contribution in [3.05, 3.63) is 178 Å². The van der Waals surface area contributed by atoms with Crippen molar-refractivity contribution in [2.45, 2.75) is 17.5 Å². The molecule has 0 bridgehead atoms. The van der Waals surface area contributed by atoms with E-state index in [4.69, 9.17) is 21.6 Å². The Morgan fingerprint density at radius 2 is 1.54 bits per heavy atom. The van der Waals surface area contributed by atoms with Crippen LogP contribution in [0.1, 0.15) is 27.9 Å². The number of aliphatic imine (C=N–C) groups is 1. The van der Waals surface area contributed by atoms with Crippen molar-refractivity contribution < 1.29 is 0 Å². The lowest BCUT2D eigenvalue weighted by Gasteiger charge is -2.40. The van der Waals surface area contributed by atoms with Crippen LogP contribution in [-0.4, -0.2) is 27.9 Å². The average Bonchev–Trinajstić information content (AvgIpc) is 3.57. The molecule has 2 aromatic heterocycles. The Morgan fingerprint density at radius 1 is 0.732 bits per heavy atom. The molecule has 3 heterocycles. The van der Waals surface area contributed by atoms with Crippen LogP contribution in [0.15, 0.2) is 151 Å². The minimum absolute atomic E-state index is 0.0224. The number of allylic oxidation sites excluding steroid dienone is 2. The van der Waals surface area contributed by atoms with Crippen molar-refractivity contribution in [3.63, 3.8) is 0 Å². The molecule has 4 nitrogen and oxygen atoms in total. The summed E-state index contributed by atoms with van der Waals surface area (Å²) in [6.45, 7) is 0. The number of pyridine rings is 2. The van der Waals surface area contributed by atoms with Crippen LogP contribution in [0.4, 0.5) is 5.69 Å². The van der Waals surface area contributed by atoms with Gasteiger partial charge in [0, 0.05) is 29.3 Å². The summed E-state index contributed by atoms with van der Waals surface area (Å²) in [6, 6.07) is 37.6. The summed E-state index contributed by atoms with van der Waals surface area (Å²) in [5.41, 5.74) is 8.55. The summed E-state index contributed by atoms with van der Waals surface area (Å²) in [7, 11) is 0. The van der Waals surface area contributed by atoms with Crippen LogP contribution < -0.4 is 4.90 Å². The second-order valence-corrected chi connectivity index (χ2v) is 11.0. The van der Waals surface area contributed by atoms with Crippen LogP contribution in [0.3, 0.4) is 0 Å². The number of fused-ring (bicyclic) bond motifs is 4. The highest BCUT2D eigenvalue weighted by Gasteiger charge is 2.55. The maximum absolute atomic E-state index is 6.44. The van der Waals surface area contributed by atoms with E-state index in [-0.39, 0.29) is 12.1 Å². The number of anilines is 1. The largest absolute Gasteiger partial charge is 0.315 e. The van der Waals surface area contributed by atoms with Crippen molar-refractivity contribution >= 4 is 28.7 Å². The lowest BCUT2D eigenvalue weighted by molar-refractivity contribution is 0.610. The first-order valence-corrected chi connectivity index (χ1v) is 14.2. The SMILES string of the molecule is Clc1ccc(C2(c3cccnc3)C3=C(C=CC4C3N=C(c3ccccn3)N4c3ccccc3)c3ccccc32)cc1. The summed E-state index contributed by atoms with van der Waals surface area (Å²) >= 11 is 6.44. The summed E-state index contributed by atoms with van der Waals surface area (Å²) in [4.78, 5) is 17.3. The van der Waals surface area contributed by atoms with Crippen molar-refractivity contribution in [3.8, 4) is 0 Å². The molecule has 0 N–H and O–H groups in total. The van der Waals surface area contributed by atoms with Crippen molar-refractivity contribution in [1.29, 1.82) is 0 Å². The number of hydrogen-bond donors (Lipinski definition) is 0. The van der Waals surface area contributed by atoms with Crippen molar-refractivity contribution in [2.24, 2.45) is 4.99 Å². The molecule has 5 aromatic rings. The van der Waals surface area contributed by atoms with Gasteiger partial charge in [-0.2, -0.15) is 0 Å². The maximum atomic E-state index is 6.44. The van der Waals surface area contributed by atoms with E-state index in [1.54, 1.807) is 0 Å². The third-order valence-corrected chi connectivity index (χ3v) is 8.73. The van der Waals surface area contributed by atoms with Gasteiger partial charge >= 0.3 is 0 Å². The minimum Gasteiger partial charge on any atom is -0.315 e. The molecule has 3 atom stereocenters. The molecule has 196 valence electrons. The molecule has 0 radical (unpaired) electrons. The molecule has 2 aliphatic carbocycles. The molecule has 1 aliphatic heterocycles. The minimum atomic E-state index is -0.593.